The van der Waals surface area contributed by atoms with Gasteiger partial charge in [-0.1, -0.05) is 36.4 Å². The summed E-state index contributed by atoms with van der Waals surface area (Å²) in [6.45, 7) is 2.53. The highest BCUT2D eigenvalue weighted by Gasteiger charge is 2.16. The molecule has 1 heterocycles. The van der Waals surface area contributed by atoms with Crippen molar-refractivity contribution >= 4 is 34.0 Å². The molecular weight excluding hydrogens is 346 g/mol. The van der Waals surface area contributed by atoms with E-state index in [0.717, 1.165) is 5.69 Å². The van der Waals surface area contributed by atoms with Gasteiger partial charge in [0.2, 0.25) is 5.91 Å². The summed E-state index contributed by atoms with van der Waals surface area (Å²) < 4.78 is 0. The number of likely N-dealkylation sites (N-methyl/N-ethyl adjacent to an activating group) is 1. The second-order valence-electron chi connectivity index (χ2n) is 5.61. The van der Waals surface area contributed by atoms with E-state index in [9.17, 15) is 9.59 Å². The van der Waals surface area contributed by atoms with Gasteiger partial charge in [-0.15, -0.1) is 11.3 Å². The van der Waals surface area contributed by atoms with Gasteiger partial charge in [0.05, 0.1) is 12.1 Å². The van der Waals surface area contributed by atoms with Gasteiger partial charge < -0.3 is 4.90 Å². The van der Waals surface area contributed by atoms with Crippen LogP contribution in [0.5, 0.6) is 0 Å². The maximum Gasteiger partial charge on any atom is 0.257 e. The van der Waals surface area contributed by atoms with Crippen LogP contribution in [0.25, 0.3) is 0 Å². The third-order valence-electron chi connectivity index (χ3n) is 3.83. The molecule has 0 saturated heterocycles. The van der Waals surface area contributed by atoms with Crippen molar-refractivity contribution in [1.29, 1.82) is 0 Å². The summed E-state index contributed by atoms with van der Waals surface area (Å²) in [5, 5.41) is 5.06. The van der Waals surface area contributed by atoms with Gasteiger partial charge >= 0.3 is 0 Å². The van der Waals surface area contributed by atoms with E-state index in [1.54, 1.807) is 22.4 Å². The van der Waals surface area contributed by atoms with Crippen molar-refractivity contribution in [1.82, 2.24) is 4.98 Å². The Morgan fingerprint density at radius 3 is 2.35 bits per heavy atom. The minimum absolute atomic E-state index is 0.0232. The number of carbonyl (C=O) groups excluding carboxylic acids is 2. The van der Waals surface area contributed by atoms with Gasteiger partial charge in [-0.25, -0.2) is 4.98 Å². The molecule has 0 aliphatic rings. The third-order valence-corrected chi connectivity index (χ3v) is 4.63. The number of carbonyl (C=O) groups is 2. The van der Waals surface area contributed by atoms with Crippen molar-refractivity contribution in [2.24, 2.45) is 0 Å². The lowest BCUT2D eigenvalue weighted by molar-refractivity contribution is -0.118. The van der Waals surface area contributed by atoms with E-state index in [4.69, 9.17) is 0 Å². The zero-order chi connectivity index (χ0) is 18.4. The number of amides is 2. The molecule has 0 radical (unpaired) electrons. The molecular formula is C20H19N3O2S. The first-order valence-corrected chi connectivity index (χ1v) is 9.21. The van der Waals surface area contributed by atoms with Gasteiger partial charge in [0.1, 0.15) is 0 Å². The van der Waals surface area contributed by atoms with Crippen molar-refractivity contribution in [3.8, 4) is 0 Å². The summed E-state index contributed by atoms with van der Waals surface area (Å²) in [6, 6.07) is 18.5. The number of hydrogen-bond donors (Lipinski definition) is 1. The number of nitrogens with one attached hydrogen (secondary N) is 1. The van der Waals surface area contributed by atoms with E-state index >= 15 is 0 Å². The first kappa shape index (κ1) is 17.8. The van der Waals surface area contributed by atoms with Crippen molar-refractivity contribution in [3.63, 3.8) is 0 Å². The molecule has 0 bridgehead atoms. The van der Waals surface area contributed by atoms with Crippen LogP contribution in [0, 0.1) is 0 Å². The van der Waals surface area contributed by atoms with Crippen LogP contribution >= 0.6 is 11.3 Å². The van der Waals surface area contributed by atoms with Crippen LogP contribution < -0.4 is 10.2 Å². The highest BCUT2D eigenvalue weighted by Crippen LogP contribution is 2.19. The Morgan fingerprint density at radius 2 is 1.69 bits per heavy atom. The topological polar surface area (TPSA) is 62.3 Å². The smallest absolute Gasteiger partial charge is 0.257 e. The minimum atomic E-state index is -0.211. The van der Waals surface area contributed by atoms with Crippen LogP contribution in [0.3, 0.4) is 0 Å². The zero-order valence-electron chi connectivity index (χ0n) is 14.4. The van der Waals surface area contributed by atoms with Crippen LogP contribution in [0.1, 0.15) is 23.0 Å². The number of nitrogens with zero attached hydrogens (tertiary/aromatic N) is 2. The van der Waals surface area contributed by atoms with Crippen molar-refractivity contribution in [2.75, 3.05) is 16.8 Å². The Bertz CT molecular complexity index is 878. The molecule has 2 aromatic carbocycles. The lowest BCUT2D eigenvalue weighted by atomic mass is 10.2. The quantitative estimate of drug-likeness (QED) is 0.718. The Balaban J connectivity index is 1.64. The van der Waals surface area contributed by atoms with Crippen LogP contribution in [-0.2, 0) is 11.2 Å². The Kier molecular flexibility index (Phi) is 5.76. The van der Waals surface area contributed by atoms with E-state index < -0.39 is 0 Å². The maximum absolute atomic E-state index is 12.6. The lowest BCUT2D eigenvalue weighted by Gasteiger charge is -2.20. The summed E-state index contributed by atoms with van der Waals surface area (Å²) in [5.74, 6) is -0.234. The molecule has 0 fully saturated rings. The number of aromatic nitrogens is 1. The average molecular weight is 365 g/mol. The molecule has 1 aromatic heterocycles. The highest BCUT2D eigenvalue weighted by molar-refractivity contribution is 7.14. The third kappa shape index (κ3) is 4.34. The van der Waals surface area contributed by atoms with E-state index in [1.807, 2.05) is 55.5 Å². The summed E-state index contributed by atoms with van der Waals surface area (Å²) in [6.07, 6.45) is 0.195. The standard InChI is InChI=1S/C20H19N3O2S/c1-2-23(17-11-7-4-8-12-17)18(24)13-16-14-26-20(21-16)22-19(25)15-9-5-3-6-10-15/h3-12,14H,2,13H2,1H3,(H,21,22,25). The van der Waals surface area contributed by atoms with E-state index in [2.05, 4.69) is 10.3 Å². The fourth-order valence-corrected chi connectivity index (χ4v) is 3.27. The lowest BCUT2D eigenvalue weighted by Crippen LogP contribution is -2.32. The fourth-order valence-electron chi connectivity index (χ4n) is 2.57. The molecule has 26 heavy (non-hydrogen) atoms. The average Bonchev–Trinajstić information content (AvgIpc) is 3.10. The van der Waals surface area contributed by atoms with Gasteiger partial charge in [-0.05, 0) is 31.2 Å². The van der Waals surface area contributed by atoms with Crippen molar-refractivity contribution in [2.45, 2.75) is 13.3 Å². The Labute approximate surface area is 156 Å². The molecule has 2 amide bonds. The summed E-state index contributed by atoms with van der Waals surface area (Å²) >= 11 is 1.32. The normalized spacial score (nSPS) is 10.3. The Hall–Kier alpha value is -2.99. The number of anilines is 2. The molecule has 3 aromatic rings. The van der Waals surface area contributed by atoms with Gasteiger partial charge in [-0.2, -0.15) is 0 Å². The van der Waals surface area contributed by atoms with Crippen LogP contribution in [0.4, 0.5) is 10.8 Å². The second-order valence-corrected chi connectivity index (χ2v) is 6.47. The second kappa shape index (κ2) is 8.40. The predicted octanol–water partition coefficient (Wildman–Crippen LogP) is 3.99. The van der Waals surface area contributed by atoms with E-state index in [0.29, 0.717) is 22.9 Å². The summed E-state index contributed by atoms with van der Waals surface area (Å²) in [4.78, 5) is 30.9. The van der Waals surface area contributed by atoms with Gasteiger partial charge in [0, 0.05) is 23.2 Å². The number of para-hydroxylation sites is 1. The molecule has 132 valence electrons. The van der Waals surface area contributed by atoms with Gasteiger partial charge in [0.15, 0.2) is 5.13 Å². The van der Waals surface area contributed by atoms with Crippen LogP contribution in [0.15, 0.2) is 66.0 Å². The molecule has 0 spiro atoms. The SMILES string of the molecule is CCN(C(=O)Cc1csc(NC(=O)c2ccccc2)n1)c1ccccc1. The van der Waals surface area contributed by atoms with Crippen LogP contribution in [0.2, 0.25) is 0 Å². The summed E-state index contributed by atoms with van der Waals surface area (Å²) in [7, 11) is 0. The monoisotopic (exact) mass is 365 g/mol. The van der Waals surface area contributed by atoms with Gasteiger partial charge in [-0.3, -0.25) is 14.9 Å². The van der Waals surface area contributed by atoms with Crippen molar-refractivity contribution in [3.05, 3.63) is 77.3 Å². The molecule has 0 saturated carbocycles. The number of hydrogen-bond acceptors (Lipinski definition) is 4. The highest BCUT2D eigenvalue weighted by atomic mass is 32.1. The molecule has 0 aliphatic heterocycles. The number of thiazole rings is 1. The van der Waals surface area contributed by atoms with E-state index in [1.165, 1.54) is 11.3 Å². The molecule has 0 unspecified atom stereocenters. The molecule has 6 heteroatoms. The largest absolute Gasteiger partial charge is 0.312 e. The molecule has 5 nitrogen and oxygen atoms in total. The zero-order valence-corrected chi connectivity index (χ0v) is 15.2. The van der Waals surface area contributed by atoms with Crippen molar-refractivity contribution < 1.29 is 9.59 Å². The first-order valence-electron chi connectivity index (χ1n) is 8.33. The fraction of sp³-hybridized carbons (Fsp3) is 0.150. The van der Waals surface area contributed by atoms with Gasteiger partial charge in [0.25, 0.3) is 5.91 Å². The summed E-state index contributed by atoms with van der Waals surface area (Å²) in [5.41, 5.74) is 2.09. The maximum atomic E-state index is 12.6. The molecule has 1 N–H and O–H groups in total. The number of rotatable bonds is 6. The molecule has 3 rings (SSSR count). The predicted molar refractivity (Wildman–Crippen MR) is 105 cm³/mol. The molecule has 0 aliphatic carbocycles. The minimum Gasteiger partial charge on any atom is -0.312 e. The Morgan fingerprint density at radius 1 is 1.04 bits per heavy atom. The van der Waals surface area contributed by atoms with E-state index in [-0.39, 0.29) is 18.2 Å². The molecule has 0 atom stereocenters. The first-order chi connectivity index (χ1) is 12.7. The van der Waals surface area contributed by atoms with Crippen LogP contribution in [-0.4, -0.2) is 23.3 Å². The number of benzene rings is 2.